The maximum Gasteiger partial charge on any atom is 0.346 e. The molecule has 0 bridgehead atoms. The summed E-state index contributed by atoms with van der Waals surface area (Å²) in [4.78, 5) is 19.9. The number of aromatic nitrogens is 2. The van der Waals surface area contributed by atoms with Crippen molar-refractivity contribution >= 4 is 33.2 Å². The lowest BCUT2D eigenvalue weighted by Gasteiger charge is -2.29. The fraction of sp³-hybridized carbons (Fsp3) is 0.355. The number of benzene rings is 2. The molecule has 4 aromatic rings. The topological polar surface area (TPSA) is 86.1 Å². The summed E-state index contributed by atoms with van der Waals surface area (Å²) >= 11 is 1.27. The van der Waals surface area contributed by atoms with Gasteiger partial charge in [0.1, 0.15) is 26.9 Å². The summed E-state index contributed by atoms with van der Waals surface area (Å²) in [6.07, 6.45) is 4.14. The molecule has 0 amide bonds. The van der Waals surface area contributed by atoms with Gasteiger partial charge in [-0.25, -0.2) is 14.2 Å². The number of carbonyl (C=O) groups is 1. The Hall–Kier alpha value is -3.73. The number of nitrogens with zero attached hydrogens (tertiary/aromatic N) is 3. The molecule has 5 heterocycles. The first-order chi connectivity index (χ1) is 19.8. The van der Waals surface area contributed by atoms with Gasteiger partial charge in [-0.2, -0.15) is 0 Å². The summed E-state index contributed by atoms with van der Waals surface area (Å²) in [6, 6.07) is 12.6. The van der Waals surface area contributed by atoms with E-state index in [2.05, 4.69) is 15.5 Å². The molecular weight excluding hydrogens is 545 g/mol. The summed E-state index contributed by atoms with van der Waals surface area (Å²) in [6.45, 7) is 7.24. The summed E-state index contributed by atoms with van der Waals surface area (Å²) < 4.78 is 35.2. The van der Waals surface area contributed by atoms with E-state index in [0.717, 1.165) is 65.4 Å². The molecule has 3 aliphatic rings. The highest BCUT2D eigenvalue weighted by Crippen LogP contribution is 2.49. The number of aryl methyl sites for hydroxylation is 1. The van der Waals surface area contributed by atoms with Crippen molar-refractivity contribution in [2.75, 3.05) is 19.7 Å². The van der Waals surface area contributed by atoms with Crippen molar-refractivity contribution in [3.8, 4) is 11.5 Å². The number of hydrogen-bond donors (Lipinski definition) is 1. The Kier molecular flexibility index (Phi) is 6.37. The number of fused-ring (bicyclic) bond motifs is 2. The molecule has 7 rings (SSSR count). The normalized spacial score (nSPS) is 22.1. The number of rotatable bonds is 7. The second-order valence-corrected chi connectivity index (χ2v) is 12.0. The van der Waals surface area contributed by atoms with Crippen molar-refractivity contribution in [1.29, 1.82) is 0 Å². The fourth-order valence-electron chi connectivity index (χ4n) is 5.79. The molecular formula is C31H30FN3O5S. The quantitative estimate of drug-likeness (QED) is 0.291. The second-order valence-electron chi connectivity index (χ2n) is 11.0. The van der Waals surface area contributed by atoms with Gasteiger partial charge in [0.25, 0.3) is 5.79 Å². The number of thiophene rings is 1. The maximum absolute atomic E-state index is 14.9. The van der Waals surface area contributed by atoms with E-state index in [1.54, 1.807) is 19.1 Å². The zero-order valence-corrected chi connectivity index (χ0v) is 23.7. The third-order valence-electron chi connectivity index (χ3n) is 8.09. The number of carboxylic acid groups (broad SMARTS) is 1. The van der Waals surface area contributed by atoms with Crippen LogP contribution in [0.25, 0.3) is 15.9 Å². The van der Waals surface area contributed by atoms with Gasteiger partial charge in [-0.15, -0.1) is 11.3 Å². The molecule has 212 valence electrons. The minimum absolute atomic E-state index is 0.135. The van der Waals surface area contributed by atoms with Crippen LogP contribution in [0.2, 0.25) is 0 Å². The highest BCUT2D eigenvalue weighted by molar-refractivity contribution is 7.20. The van der Waals surface area contributed by atoms with Crippen molar-refractivity contribution in [2.45, 2.75) is 51.7 Å². The smallest absolute Gasteiger partial charge is 0.346 e. The van der Waals surface area contributed by atoms with E-state index in [1.807, 2.05) is 31.2 Å². The largest absolute Gasteiger partial charge is 0.477 e. The Morgan fingerprint density at radius 1 is 1.24 bits per heavy atom. The fourth-order valence-corrected chi connectivity index (χ4v) is 6.75. The zero-order chi connectivity index (χ0) is 28.3. The van der Waals surface area contributed by atoms with Crippen LogP contribution >= 0.6 is 11.3 Å². The SMILES string of the molecule is Cc1ccc([C@]2(C)Oc3cccc(C4=CCN(Cc5nc6cc(C(=O)O)sc6n5C[C@@H]5CCO5)CC4)c3O2)c(F)c1. The van der Waals surface area contributed by atoms with E-state index in [4.69, 9.17) is 19.2 Å². The van der Waals surface area contributed by atoms with Gasteiger partial charge >= 0.3 is 5.97 Å². The van der Waals surface area contributed by atoms with Crippen molar-refractivity contribution < 1.29 is 28.5 Å². The number of aromatic carboxylic acids is 1. The maximum atomic E-state index is 14.9. The Bertz CT molecular complexity index is 1710. The Balaban J connectivity index is 1.11. The van der Waals surface area contributed by atoms with Crippen LogP contribution < -0.4 is 9.47 Å². The van der Waals surface area contributed by atoms with Gasteiger partial charge < -0.3 is 23.9 Å². The first-order valence-corrected chi connectivity index (χ1v) is 14.6. The first kappa shape index (κ1) is 26.2. The number of halogens is 1. The van der Waals surface area contributed by atoms with Gasteiger partial charge in [0.15, 0.2) is 11.5 Å². The second kappa shape index (κ2) is 9.97. The van der Waals surface area contributed by atoms with Crippen LogP contribution in [-0.2, 0) is 23.6 Å². The van der Waals surface area contributed by atoms with Gasteiger partial charge in [-0.3, -0.25) is 4.90 Å². The minimum atomic E-state index is -1.24. The molecule has 2 aromatic carbocycles. The number of para-hydroxylation sites is 1. The highest BCUT2D eigenvalue weighted by Gasteiger charge is 2.42. The van der Waals surface area contributed by atoms with E-state index in [-0.39, 0.29) is 11.9 Å². The molecule has 0 aliphatic carbocycles. The van der Waals surface area contributed by atoms with Crippen LogP contribution in [0.3, 0.4) is 0 Å². The molecule has 0 unspecified atom stereocenters. The Morgan fingerprint density at radius 2 is 2.10 bits per heavy atom. The predicted molar refractivity (Wildman–Crippen MR) is 153 cm³/mol. The van der Waals surface area contributed by atoms with Crippen LogP contribution in [0, 0.1) is 12.7 Å². The standard InChI is InChI=1S/C31H30FN3O5S/c1-18-6-7-22(23(32)14-18)31(2)39-25-5-3-4-21(28(25)40-31)19-8-11-34(12-9-19)17-27-33-24-15-26(30(36)37)41-29(24)35(27)16-20-10-13-38-20/h3-8,14-15,20H,9-13,16-17H2,1-2H3,(H,36,37)/t20-,31+/m0/s1. The van der Waals surface area contributed by atoms with Crippen molar-refractivity contribution in [1.82, 2.24) is 14.5 Å². The van der Waals surface area contributed by atoms with Crippen LogP contribution in [0.15, 0.2) is 48.5 Å². The predicted octanol–water partition coefficient (Wildman–Crippen LogP) is 5.97. The third kappa shape index (κ3) is 4.69. The van der Waals surface area contributed by atoms with Crippen molar-refractivity contribution in [2.24, 2.45) is 0 Å². The summed E-state index contributed by atoms with van der Waals surface area (Å²) in [5, 5.41) is 9.45. The Labute approximate surface area is 240 Å². The monoisotopic (exact) mass is 575 g/mol. The lowest BCUT2D eigenvalue weighted by Crippen LogP contribution is -2.33. The molecule has 8 nitrogen and oxygen atoms in total. The highest BCUT2D eigenvalue weighted by atomic mass is 32.1. The molecule has 10 heteroatoms. The number of hydrogen-bond acceptors (Lipinski definition) is 7. The molecule has 1 saturated heterocycles. The molecule has 0 spiro atoms. The molecule has 41 heavy (non-hydrogen) atoms. The van der Waals surface area contributed by atoms with Gasteiger partial charge in [0.05, 0.1) is 24.8 Å². The van der Waals surface area contributed by atoms with Gasteiger partial charge in [0.2, 0.25) is 0 Å². The van der Waals surface area contributed by atoms with Gasteiger partial charge in [-0.1, -0.05) is 24.3 Å². The van der Waals surface area contributed by atoms with Crippen LogP contribution in [0.1, 0.15) is 52.0 Å². The third-order valence-corrected chi connectivity index (χ3v) is 9.22. The van der Waals surface area contributed by atoms with E-state index >= 15 is 0 Å². The molecule has 1 N–H and O–H groups in total. The van der Waals surface area contributed by atoms with Crippen LogP contribution in [-0.4, -0.2) is 51.3 Å². The van der Waals surface area contributed by atoms with Gasteiger partial charge in [0, 0.05) is 32.2 Å². The van der Waals surface area contributed by atoms with E-state index in [9.17, 15) is 14.3 Å². The zero-order valence-electron chi connectivity index (χ0n) is 22.9. The molecule has 1 fully saturated rings. The number of imidazole rings is 1. The number of carboxylic acids is 1. The summed E-state index contributed by atoms with van der Waals surface area (Å²) in [5.74, 6) is -0.360. The lowest BCUT2D eigenvalue weighted by atomic mass is 9.98. The molecule has 2 atom stereocenters. The van der Waals surface area contributed by atoms with Crippen LogP contribution in [0.5, 0.6) is 11.5 Å². The molecule has 3 aliphatic heterocycles. The Morgan fingerprint density at radius 3 is 2.80 bits per heavy atom. The lowest BCUT2D eigenvalue weighted by molar-refractivity contribution is -0.0708. The molecule has 0 radical (unpaired) electrons. The van der Waals surface area contributed by atoms with Crippen molar-refractivity contribution in [3.63, 3.8) is 0 Å². The summed E-state index contributed by atoms with van der Waals surface area (Å²) in [7, 11) is 0. The minimum Gasteiger partial charge on any atom is -0.477 e. The van der Waals surface area contributed by atoms with E-state index in [1.165, 1.54) is 17.4 Å². The summed E-state index contributed by atoms with van der Waals surface area (Å²) in [5.41, 5.74) is 4.05. The molecule has 0 saturated carbocycles. The van der Waals surface area contributed by atoms with Gasteiger partial charge in [-0.05, 0) is 55.2 Å². The van der Waals surface area contributed by atoms with E-state index < -0.39 is 11.8 Å². The first-order valence-electron chi connectivity index (χ1n) is 13.8. The average molecular weight is 576 g/mol. The number of ether oxygens (including phenoxy) is 3. The van der Waals surface area contributed by atoms with E-state index in [0.29, 0.717) is 35.0 Å². The average Bonchev–Trinajstić information content (AvgIpc) is 3.57. The van der Waals surface area contributed by atoms with Crippen LogP contribution in [0.4, 0.5) is 4.39 Å². The van der Waals surface area contributed by atoms with Crippen molar-refractivity contribution in [3.05, 3.63) is 81.7 Å². The molecule has 2 aromatic heterocycles.